The lowest BCUT2D eigenvalue weighted by Gasteiger charge is -2.34. The SMILES string of the molecule is CN(C)C[C@@H]1CC[C@@]2(COCCN(C(=O)C3(c4cccc(Cl)c4)CC3)C2)O1. The molecule has 3 fully saturated rings. The smallest absolute Gasteiger partial charge is 0.233 e. The molecule has 0 unspecified atom stereocenters. The Labute approximate surface area is 166 Å². The second kappa shape index (κ2) is 7.36. The standard InChI is InChI=1S/C21H29ClN2O3/c1-23(2)13-18-6-7-20(27-18)14-24(10-11-26-15-20)19(25)21(8-9-21)16-4-3-5-17(22)12-16/h3-5,12,18H,6-11,13-15H2,1-2H3/t18-,20+/m0/s1. The number of nitrogens with zero attached hydrogens (tertiary/aromatic N) is 2. The van der Waals surface area contributed by atoms with Crippen LogP contribution < -0.4 is 0 Å². The summed E-state index contributed by atoms with van der Waals surface area (Å²) >= 11 is 6.18. The van der Waals surface area contributed by atoms with Crippen LogP contribution in [-0.4, -0.2) is 74.4 Å². The molecule has 0 aromatic heterocycles. The van der Waals surface area contributed by atoms with E-state index in [1.807, 2.05) is 29.2 Å². The van der Waals surface area contributed by atoms with Crippen LogP contribution in [0.2, 0.25) is 5.02 Å². The molecule has 4 rings (SSSR count). The number of rotatable bonds is 4. The van der Waals surface area contributed by atoms with E-state index < -0.39 is 5.41 Å². The third-order valence-corrected chi connectivity index (χ3v) is 6.32. The van der Waals surface area contributed by atoms with Crippen molar-refractivity contribution in [2.24, 2.45) is 0 Å². The van der Waals surface area contributed by atoms with E-state index in [9.17, 15) is 4.79 Å². The van der Waals surface area contributed by atoms with Crippen LogP contribution >= 0.6 is 11.6 Å². The van der Waals surface area contributed by atoms with Gasteiger partial charge in [0.2, 0.25) is 5.91 Å². The number of hydrogen-bond acceptors (Lipinski definition) is 4. The zero-order chi connectivity index (χ0) is 19.1. The van der Waals surface area contributed by atoms with Gasteiger partial charge in [-0.1, -0.05) is 23.7 Å². The van der Waals surface area contributed by atoms with Gasteiger partial charge in [0.15, 0.2) is 0 Å². The number of benzene rings is 1. The van der Waals surface area contributed by atoms with Crippen molar-refractivity contribution in [2.45, 2.75) is 42.8 Å². The Kier molecular flexibility index (Phi) is 5.23. The maximum Gasteiger partial charge on any atom is 0.233 e. The molecule has 6 heteroatoms. The molecule has 1 aromatic rings. The topological polar surface area (TPSA) is 42.0 Å². The first kappa shape index (κ1) is 19.2. The van der Waals surface area contributed by atoms with Crippen molar-refractivity contribution in [1.82, 2.24) is 9.80 Å². The number of hydrogen-bond donors (Lipinski definition) is 0. The molecule has 148 valence electrons. The van der Waals surface area contributed by atoms with E-state index in [1.54, 1.807) is 0 Å². The predicted octanol–water partition coefficient (Wildman–Crippen LogP) is 2.71. The average Bonchev–Trinajstić information content (AvgIpc) is 3.37. The zero-order valence-electron chi connectivity index (χ0n) is 16.2. The molecule has 2 atom stereocenters. The molecule has 0 N–H and O–H groups in total. The summed E-state index contributed by atoms with van der Waals surface area (Å²) in [4.78, 5) is 17.7. The highest BCUT2D eigenvalue weighted by Gasteiger charge is 2.55. The largest absolute Gasteiger partial charge is 0.377 e. The van der Waals surface area contributed by atoms with Gasteiger partial charge in [-0.25, -0.2) is 0 Å². The second-order valence-electron chi connectivity index (χ2n) is 8.60. The zero-order valence-corrected chi connectivity index (χ0v) is 17.0. The van der Waals surface area contributed by atoms with Crippen molar-refractivity contribution in [3.05, 3.63) is 34.9 Å². The first-order chi connectivity index (χ1) is 12.9. The van der Waals surface area contributed by atoms with Gasteiger partial charge >= 0.3 is 0 Å². The molecule has 1 aliphatic carbocycles. The third kappa shape index (κ3) is 3.88. The van der Waals surface area contributed by atoms with Crippen LogP contribution in [0.5, 0.6) is 0 Å². The first-order valence-corrected chi connectivity index (χ1v) is 10.3. The van der Waals surface area contributed by atoms with Crippen molar-refractivity contribution in [2.75, 3.05) is 46.9 Å². The lowest BCUT2D eigenvalue weighted by molar-refractivity contribution is -0.139. The molecule has 0 bridgehead atoms. The van der Waals surface area contributed by atoms with Crippen LogP contribution in [0.1, 0.15) is 31.2 Å². The molecule has 2 saturated heterocycles. The van der Waals surface area contributed by atoms with E-state index in [4.69, 9.17) is 21.1 Å². The number of halogens is 1. The predicted molar refractivity (Wildman–Crippen MR) is 105 cm³/mol. The quantitative estimate of drug-likeness (QED) is 0.790. The van der Waals surface area contributed by atoms with Crippen molar-refractivity contribution < 1.29 is 14.3 Å². The van der Waals surface area contributed by atoms with E-state index in [2.05, 4.69) is 19.0 Å². The van der Waals surface area contributed by atoms with Crippen molar-refractivity contribution in [1.29, 1.82) is 0 Å². The van der Waals surface area contributed by atoms with Gasteiger partial charge in [-0.15, -0.1) is 0 Å². The van der Waals surface area contributed by atoms with Crippen molar-refractivity contribution in [3.8, 4) is 0 Å². The monoisotopic (exact) mass is 392 g/mol. The summed E-state index contributed by atoms with van der Waals surface area (Å²) in [7, 11) is 4.13. The van der Waals surface area contributed by atoms with E-state index in [0.29, 0.717) is 31.3 Å². The summed E-state index contributed by atoms with van der Waals surface area (Å²) < 4.78 is 12.3. The van der Waals surface area contributed by atoms with Gasteiger partial charge in [-0.3, -0.25) is 4.79 Å². The van der Waals surface area contributed by atoms with E-state index >= 15 is 0 Å². The Balaban J connectivity index is 1.51. The van der Waals surface area contributed by atoms with Crippen LogP contribution in [0.15, 0.2) is 24.3 Å². The van der Waals surface area contributed by atoms with Gasteiger partial charge in [0.25, 0.3) is 0 Å². The molecular weight excluding hydrogens is 364 g/mol. The Bertz CT molecular complexity index is 706. The van der Waals surface area contributed by atoms with Gasteiger partial charge in [-0.05, 0) is 57.5 Å². The fourth-order valence-corrected chi connectivity index (χ4v) is 4.76. The highest BCUT2D eigenvalue weighted by Crippen LogP contribution is 2.50. The fraction of sp³-hybridized carbons (Fsp3) is 0.667. The fourth-order valence-electron chi connectivity index (χ4n) is 4.57. The summed E-state index contributed by atoms with van der Waals surface area (Å²) in [5, 5.41) is 0.688. The van der Waals surface area contributed by atoms with Gasteiger partial charge in [0.05, 0.1) is 31.3 Å². The summed E-state index contributed by atoms with van der Waals surface area (Å²) in [6.45, 7) is 3.30. The van der Waals surface area contributed by atoms with Gasteiger partial charge in [-0.2, -0.15) is 0 Å². The first-order valence-electron chi connectivity index (χ1n) is 9.88. The number of carbonyl (C=O) groups is 1. The van der Waals surface area contributed by atoms with Crippen molar-refractivity contribution in [3.63, 3.8) is 0 Å². The maximum atomic E-state index is 13.5. The van der Waals surface area contributed by atoms with Crippen molar-refractivity contribution >= 4 is 17.5 Å². The van der Waals surface area contributed by atoms with E-state index in [-0.39, 0.29) is 17.6 Å². The normalized spacial score (nSPS) is 29.9. The molecule has 1 amide bonds. The molecule has 1 saturated carbocycles. The van der Waals surface area contributed by atoms with Crippen LogP contribution in [0, 0.1) is 0 Å². The average molecular weight is 393 g/mol. The highest BCUT2D eigenvalue weighted by molar-refractivity contribution is 6.30. The Morgan fingerprint density at radius 1 is 1.33 bits per heavy atom. The van der Waals surface area contributed by atoms with E-state index in [1.165, 1.54) is 0 Å². The number of amides is 1. The molecule has 27 heavy (non-hydrogen) atoms. The Morgan fingerprint density at radius 2 is 2.15 bits per heavy atom. The summed E-state index contributed by atoms with van der Waals surface area (Å²) in [6, 6.07) is 7.76. The van der Waals surface area contributed by atoms with Crippen LogP contribution in [0.25, 0.3) is 0 Å². The number of ether oxygens (including phenoxy) is 2. The van der Waals surface area contributed by atoms with Crippen LogP contribution in [0.4, 0.5) is 0 Å². The third-order valence-electron chi connectivity index (χ3n) is 6.08. The molecule has 2 aliphatic heterocycles. The Morgan fingerprint density at radius 3 is 2.85 bits per heavy atom. The Hall–Kier alpha value is -1.14. The van der Waals surface area contributed by atoms with Gasteiger partial charge < -0.3 is 19.3 Å². The molecule has 1 spiro atoms. The van der Waals surface area contributed by atoms with Gasteiger partial charge in [0, 0.05) is 18.1 Å². The minimum atomic E-state index is -0.405. The number of likely N-dealkylation sites (N-methyl/N-ethyl adjacent to an activating group) is 1. The second-order valence-corrected chi connectivity index (χ2v) is 9.03. The molecule has 0 radical (unpaired) electrons. The van der Waals surface area contributed by atoms with Crippen LogP contribution in [-0.2, 0) is 19.7 Å². The maximum absolute atomic E-state index is 13.5. The summed E-state index contributed by atoms with van der Waals surface area (Å²) in [5.41, 5.74) is 0.270. The lowest BCUT2D eigenvalue weighted by atomic mass is 9.93. The minimum Gasteiger partial charge on any atom is -0.377 e. The summed E-state index contributed by atoms with van der Waals surface area (Å²) in [5.74, 6) is 0.203. The van der Waals surface area contributed by atoms with Crippen LogP contribution in [0.3, 0.4) is 0 Å². The minimum absolute atomic E-state index is 0.203. The molecule has 2 heterocycles. The molecule has 1 aromatic carbocycles. The molecule has 3 aliphatic rings. The summed E-state index contributed by atoms with van der Waals surface area (Å²) in [6.07, 6.45) is 3.95. The molecule has 5 nitrogen and oxygen atoms in total. The lowest BCUT2D eigenvalue weighted by Crippen LogP contribution is -2.49. The highest BCUT2D eigenvalue weighted by atomic mass is 35.5. The van der Waals surface area contributed by atoms with E-state index in [0.717, 1.165) is 37.8 Å². The molecular formula is C21H29ClN2O3. The number of carbonyl (C=O) groups excluding carboxylic acids is 1. The van der Waals surface area contributed by atoms with Gasteiger partial charge in [0.1, 0.15) is 5.60 Å².